The summed E-state index contributed by atoms with van der Waals surface area (Å²) < 4.78 is 0. The maximum atomic E-state index is 5.72. The predicted molar refractivity (Wildman–Crippen MR) is 58.3 cm³/mol. The molecule has 1 aromatic rings. The van der Waals surface area contributed by atoms with Gasteiger partial charge in [-0.25, -0.2) is 5.84 Å². The molecule has 0 aliphatic heterocycles. The molecule has 0 radical (unpaired) electrons. The lowest BCUT2D eigenvalue weighted by molar-refractivity contribution is 0.969. The Morgan fingerprint density at radius 3 is 3.00 bits per heavy atom. The molecule has 0 atom stereocenters. The van der Waals surface area contributed by atoms with Crippen molar-refractivity contribution in [2.45, 2.75) is 0 Å². The molecule has 0 bridgehead atoms. The normalized spacial score (nSPS) is 9.64. The number of aromatic nitrogens is 2. The van der Waals surface area contributed by atoms with E-state index in [-0.39, 0.29) is 0 Å². The second-order valence-electron chi connectivity index (χ2n) is 2.71. The van der Waals surface area contributed by atoms with Crippen LogP contribution in [0.25, 0.3) is 0 Å². The molecular formula is C8H12ClN5. The number of nitrogens with zero attached hydrogens (tertiary/aromatic N) is 3. The lowest BCUT2D eigenvalue weighted by Gasteiger charge is -2.19. The average Bonchev–Trinajstić information content (AvgIpc) is 2.18. The number of nitrogens with one attached hydrogen (secondary N) is 1. The van der Waals surface area contributed by atoms with Crippen LogP contribution in [-0.4, -0.2) is 23.8 Å². The van der Waals surface area contributed by atoms with Crippen LogP contribution in [0.3, 0.4) is 0 Å². The van der Waals surface area contributed by atoms with Crippen molar-refractivity contribution in [3.8, 4) is 0 Å². The van der Waals surface area contributed by atoms with Crippen molar-refractivity contribution in [3.05, 3.63) is 23.9 Å². The Morgan fingerprint density at radius 1 is 1.71 bits per heavy atom. The first kappa shape index (κ1) is 10.7. The second-order valence-corrected chi connectivity index (χ2v) is 3.10. The van der Waals surface area contributed by atoms with Gasteiger partial charge in [-0.2, -0.15) is 0 Å². The highest BCUT2D eigenvalue weighted by Gasteiger charge is 2.08. The minimum atomic E-state index is 0.329. The lowest BCUT2D eigenvalue weighted by atomic mass is 10.4. The third-order valence-electron chi connectivity index (χ3n) is 1.69. The fourth-order valence-corrected chi connectivity index (χ4v) is 1.19. The van der Waals surface area contributed by atoms with E-state index in [0.29, 0.717) is 17.5 Å². The van der Waals surface area contributed by atoms with Crippen LogP contribution in [0.2, 0.25) is 5.15 Å². The Bertz CT molecular complexity index is 328. The van der Waals surface area contributed by atoms with Gasteiger partial charge in [0.15, 0.2) is 11.0 Å². The molecule has 3 N–H and O–H groups in total. The molecule has 0 fully saturated rings. The lowest BCUT2D eigenvalue weighted by Crippen LogP contribution is -2.21. The van der Waals surface area contributed by atoms with Gasteiger partial charge in [0.05, 0.1) is 5.69 Å². The summed E-state index contributed by atoms with van der Waals surface area (Å²) in [6, 6.07) is 1.69. The van der Waals surface area contributed by atoms with E-state index in [0.717, 1.165) is 5.69 Å². The van der Waals surface area contributed by atoms with Crippen molar-refractivity contribution in [1.82, 2.24) is 10.2 Å². The highest BCUT2D eigenvalue weighted by molar-refractivity contribution is 6.29. The summed E-state index contributed by atoms with van der Waals surface area (Å²) >= 11 is 5.72. The summed E-state index contributed by atoms with van der Waals surface area (Å²) in [5.74, 6) is 5.77. The summed E-state index contributed by atoms with van der Waals surface area (Å²) in [5.41, 5.74) is 3.24. The average molecular weight is 214 g/mol. The molecule has 0 aliphatic carbocycles. The zero-order valence-electron chi connectivity index (χ0n) is 7.87. The number of hydrogen-bond acceptors (Lipinski definition) is 5. The molecule has 0 spiro atoms. The predicted octanol–water partition coefficient (Wildman–Crippen LogP) is 1.04. The third kappa shape index (κ3) is 2.34. The van der Waals surface area contributed by atoms with E-state index in [4.69, 9.17) is 17.4 Å². The molecule has 14 heavy (non-hydrogen) atoms. The summed E-state index contributed by atoms with van der Waals surface area (Å²) in [5, 5.41) is 7.81. The molecule has 1 heterocycles. The van der Waals surface area contributed by atoms with Gasteiger partial charge in [-0.05, 0) is 0 Å². The van der Waals surface area contributed by atoms with Gasteiger partial charge in [-0.1, -0.05) is 17.7 Å². The number of hydrogen-bond donors (Lipinski definition) is 2. The molecule has 0 saturated carbocycles. The Hall–Kier alpha value is -1.33. The van der Waals surface area contributed by atoms with Crippen molar-refractivity contribution in [3.63, 3.8) is 0 Å². The SMILES string of the molecule is C=CCN(C)c1cc(Cl)nnc1NN. The van der Waals surface area contributed by atoms with Crippen LogP contribution < -0.4 is 16.2 Å². The van der Waals surface area contributed by atoms with E-state index < -0.39 is 0 Å². The number of halogens is 1. The van der Waals surface area contributed by atoms with E-state index in [2.05, 4.69) is 22.2 Å². The number of anilines is 2. The number of nitrogens with two attached hydrogens (primary N) is 1. The van der Waals surface area contributed by atoms with Gasteiger partial charge in [-0.15, -0.1) is 16.8 Å². The minimum Gasteiger partial charge on any atom is -0.368 e. The topological polar surface area (TPSA) is 67.1 Å². The summed E-state index contributed by atoms with van der Waals surface area (Å²) in [6.45, 7) is 4.32. The first-order valence-electron chi connectivity index (χ1n) is 4.01. The number of hydrazine groups is 1. The maximum Gasteiger partial charge on any atom is 0.186 e. The summed E-state index contributed by atoms with van der Waals surface area (Å²) in [4.78, 5) is 1.91. The first-order chi connectivity index (χ1) is 6.69. The van der Waals surface area contributed by atoms with Crippen LogP contribution in [-0.2, 0) is 0 Å². The Balaban J connectivity index is 3.02. The number of likely N-dealkylation sites (N-methyl/N-ethyl adjacent to an activating group) is 1. The van der Waals surface area contributed by atoms with Gasteiger partial charge < -0.3 is 10.3 Å². The van der Waals surface area contributed by atoms with Crippen LogP contribution in [0, 0.1) is 0 Å². The molecule has 0 saturated heterocycles. The highest BCUT2D eigenvalue weighted by Crippen LogP contribution is 2.23. The fraction of sp³-hybridized carbons (Fsp3) is 0.250. The largest absolute Gasteiger partial charge is 0.368 e. The van der Waals surface area contributed by atoms with Crippen molar-refractivity contribution in [2.75, 3.05) is 23.9 Å². The maximum absolute atomic E-state index is 5.72. The van der Waals surface area contributed by atoms with E-state index in [1.807, 2.05) is 11.9 Å². The minimum absolute atomic E-state index is 0.329. The van der Waals surface area contributed by atoms with Gasteiger partial charge in [0.25, 0.3) is 0 Å². The number of nitrogen functional groups attached to an aromatic ring is 1. The van der Waals surface area contributed by atoms with Crippen molar-refractivity contribution >= 4 is 23.1 Å². The van der Waals surface area contributed by atoms with Crippen LogP contribution >= 0.6 is 11.6 Å². The molecule has 1 rings (SSSR count). The molecule has 5 nitrogen and oxygen atoms in total. The third-order valence-corrected chi connectivity index (χ3v) is 1.88. The first-order valence-corrected chi connectivity index (χ1v) is 4.38. The van der Waals surface area contributed by atoms with Crippen LogP contribution in [0.15, 0.2) is 18.7 Å². The van der Waals surface area contributed by atoms with Crippen molar-refractivity contribution < 1.29 is 0 Å². The van der Waals surface area contributed by atoms with E-state index >= 15 is 0 Å². The smallest absolute Gasteiger partial charge is 0.186 e. The molecule has 0 aromatic carbocycles. The Morgan fingerprint density at radius 2 is 2.43 bits per heavy atom. The Kier molecular flexibility index (Phi) is 3.67. The molecule has 0 aliphatic rings. The quantitative estimate of drug-likeness (QED) is 0.445. The zero-order valence-corrected chi connectivity index (χ0v) is 8.62. The molecule has 0 unspecified atom stereocenters. The Labute approximate surface area is 87.5 Å². The summed E-state index contributed by atoms with van der Waals surface area (Å²) in [7, 11) is 1.88. The van der Waals surface area contributed by atoms with Crippen LogP contribution in [0.1, 0.15) is 0 Å². The van der Waals surface area contributed by atoms with Gasteiger partial charge in [0.1, 0.15) is 0 Å². The van der Waals surface area contributed by atoms with Gasteiger partial charge in [0.2, 0.25) is 0 Å². The molecular weight excluding hydrogens is 202 g/mol. The van der Waals surface area contributed by atoms with Crippen molar-refractivity contribution in [2.24, 2.45) is 5.84 Å². The van der Waals surface area contributed by atoms with E-state index in [1.54, 1.807) is 12.1 Å². The molecule has 0 amide bonds. The molecule has 76 valence electrons. The monoisotopic (exact) mass is 213 g/mol. The van der Waals surface area contributed by atoms with Gasteiger partial charge in [0, 0.05) is 19.7 Å². The van der Waals surface area contributed by atoms with E-state index in [1.165, 1.54) is 0 Å². The highest BCUT2D eigenvalue weighted by atomic mass is 35.5. The van der Waals surface area contributed by atoms with E-state index in [9.17, 15) is 0 Å². The van der Waals surface area contributed by atoms with Crippen LogP contribution in [0.4, 0.5) is 11.5 Å². The summed E-state index contributed by atoms with van der Waals surface area (Å²) in [6.07, 6.45) is 1.77. The van der Waals surface area contributed by atoms with Crippen LogP contribution in [0.5, 0.6) is 0 Å². The molecule has 1 aromatic heterocycles. The van der Waals surface area contributed by atoms with Gasteiger partial charge >= 0.3 is 0 Å². The standard InChI is InChI=1S/C8H12ClN5/c1-3-4-14(2)6-5-7(9)12-13-8(6)11-10/h3,5H,1,4,10H2,2H3,(H,11,13). The second kappa shape index (κ2) is 4.78. The van der Waals surface area contributed by atoms with Gasteiger partial charge in [-0.3, -0.25) is 0 Å². The number of rotatable bonds is 4. The van der Waals surface area contributed by atoms with Crippen molar-refractivity contribution in [1.29, 1.82) is 0 Å². The molecule has 6 heteroatoms. The zero-order chi connectivity index (χ0) is 10.6. The fourth-order valence-electron chi connectivity index (χ4n) is 1.04.